The third-order valence-electron chi connectivity index (χ3n) is 4.79. The number of nitrogens with zero attached hydrogens (tertiary/aromatic N) is 3. The number of hydrogen-bond acceptors (Lipinski definition) is 5. The fourth-order valence-electron chi connectivity index (χ4n) is 3.40. The standard InChI is InChI=1S/C21H20FN5O2S/c1-13-5-2-7-15(11-13)24-21(29)27-10-4-9-17(27)19-25-26-20(30-19)18(28)23-16-8-3-6-14(22)12-16/h2-3,5-8,11-12,17H,4,9-10H2,1H3,(H,23,28)(H,24,29). The van der Waals surface area contributed by atoms with Gasteiger partial charge in [-0.25, -0.2) is 9.18 Å². The molecule has 1 unspecified atom stereocenters. The summed E-state index contributed by atoms with van der Waals surface area (Å²) in [5, 5.41) is 14.4. The first kappa shape index (κ1) is 20.0. The normalized spacial score (nSPS) is 15.8. The molecule has 9 heteroatoms. The molecule has 0 aliphatic carbocycles. The van der Waals surface area contributed by atoms with Gasteiger partial charge in [-0.1, -0.05) is 29.5 Å². The van der Waals surface area contributed by atoms with Gasteiger partial charge in [0.2, 0.25) is 5.01 Å². The largest absolute Gasteiger partial charge is 0.322 e. The number of carbonyl (C=O) groups is 2. The Bertz CT molecular complexity index is 1090. The molecule has 0 bridgehead atoms. The van der Waals surface area contributed by atoms with Crippen LogP contribution in [0.25, 0.3) is 0 Å². The second kappa shape index (κ2) is 8.58. The number of hydrogen-bond donors (Lipinski definition) is 2. The van der Waals surface area contributed by atoms with Crippen LogP contribution in [0.2, 0.25) is 0 Å². The Morgan fingerprint density at radius 3 is 2.63 bits per heavy atom. The van der Waals surface area contributed by atoms with Gasteiger partial charge in [0.25, 0.3) is 5.91 Å². The number of benzene rings is 2. The summed E-state index contributed by atoms with van der Waals surface area (Å²) in [6, 6.07) is 12.8. The maximum absolute atomic E-state index is 13.3. The van der Waals surface area contributed by atoms with Gasteiger partial charge in [-0.05, 0) is 55.7 Å². The number of aromatic nitrogens is 2. The first-order valence-corrected chi connectivity index (χ1v) is 10.4. The monoisotopic (exact) mass is 425 g/mol. The summed E-state index contributed by atoms with van der Waals surface area (Å²) in [6.07, 6.45) is 1.59. The summed E-state index contributed by atoms with van der Waals surface area (Å²) in [7, 11) is 0. The summed E-state index contributed by atoms with van der Waals surface area (Å²) in [6.45, 7) is 2.57. The van der Waals surface area contributed by atoms with Crippen molar-refractivity contribution in [1.29, 1.82) is 0 Å². The van der Waals surface area contributed by atoms with E-state index < -0.39 is 11.7 Å². The fraction of sp³-hybridized carbons (Fsp3) is 0.238. The van der Waals surface area contributed by atoms with Crippen molar-refractivity contribution in [3.63, 3.8) is 0 Å². The molecule has 7 nitrogen and oxygen atoms in total. The lowest BCUT2D eigenvalue weighted by Gasteiger charge is -2.23. The van der Waals surface area contributed by atoms with E-state index in [1.807, 2.05) is 31.2 Å². The Morgan fingerprint density at radius 1 is 1.10 bits per heavy atom. The highest BCUT2D eigenvalue weighted by molar-refractivity contribution is 7.13. The second-order valence-electron chi connectivity index (χ2n) is 7.06. The average Bonchev–Trinajstić information content (AvgIpc) is 3.37. The minimum Gasteiger partial charge on any atom is -0.320 e. The van der Waals surface area contributed by atoms with Crippen LogP contribution in [-0.2, 0) is 0 Å². The van der Waals surface area contributed by atoms with Gasteiger partial charge in [0.05, 0.1) is 6.04 Å². The van der Waals surface area contributed by atoms with Crippen LogP contribution in [0.5, 0.6) is 0 Å². The molecule has 2 N–H and O–H groups in total. The molecule has 2 heterocycles. The fourth-order valence-corrected chi connectivity index (χ4v) is 4.28. The van der Waals surface area contributed by atoms with Gasteiger partial charge in [0, 0.05) is 17.9 Å². The lowest BCUT2D eigenvalue weighted by Crippen LogP contribution is -2.34. The number of carbonyl (C=O) groups excluding carboxylic acids is 2. The SMILES string of the molecule is Cc1cccc(NC(=O)N2CCCC2c2nnc(C(=O)Nc3cccc(F)c3)s2)c1. The molecule has 154 valence electrons. The first-order valence-electron chi connectivity index (χ1n) is 9.54. The third kappa shape index (κ3) is 4.46. The highest BCUT2D eigenvalue weighted by atomic mass is 32.1. The topological polar surface area (TPSA) is 87.2 Å². The highest BCUT2D eigenvalue weighted by Crippen LogP contribution is 2.34. The van der Waals surface area contributed by atoms with E-state index in [9.17, 15) is 14.0 Å². The maximum atomic E-state index is 13.3. The number of likely N-dealkylation sites (tertiary alicyclic amines) is 1. The van der Waals surface area contributed by atoms with Gasteiger partial charge in [-0.2, -0.15) is 0 Å². The molecule has 0 radical (unpaired) electrons. The molecule has 30 heavy (non-hydrogen) atoms. The Morgan fingerprint density at radius 2 is 1.87 bits per heavy atom. The van der Waals surface area contributed by atoms with Gasteiger partial charge >= 0.3 is 6.03 Å². The van der Waals surface area contributed by atoms with Gasteiger partial charge in [-0.15, -0.1) is 10.2 Å². The number of rotatable bonds is 4. The van der Waals surface area contributed by atoms with Crippen LogP contribution in [0.15, 0.2) is 48.5 Å². The van der Waals surface area contributed by atoms with Crippen molar-refractivity contribution >= 4 is 34.6 Å². The van der Waals surface area contributed by atoms with Crippen molar-refractivity contribution in [2.45, 2.75) is 25.8 Å². The molecule has 0 spiro atoms. The molecule has 2 aromatic carbocycles. The molecule has 0 saturated carbocycles. The van der Waals surface area contributed by atoms with E-state index in [1.165, 1.54) is 18.2 Å². The van der Waals surface area contributed by atoms with Crippen LogP contribution >= 0.6 is 11.3 Å². The third-order valence-corrected chi connectivity index (χ3v) is 5.81. The van der Waals surface area contributed by atoms with Crippen LogP contribution < -0.4 is 10.6 Å². The zero-order chi connectivity index (χ0) is 21.1. The lowest BCUT2D eigenvalue weighted by molar-refractivity contribution is 0.102. The Balaban J connectivity index is 1.45. The minimum absolute atomic E-state index is 0.167. The summed E-state index contributed by atoms with van der Waals surface area (Å²) >= 11 is 1.14. The molecule has 1 saturated heterocycles. The Hall–Kier alpha value is -3.33. The molecule has 1 aliphatic rings. The van der Waals surface area contributed by atoms with E-state index in [0.29, 0.717) is 17.2 Å². The maximum Gasteiger partial charge on any atom is 0.322 e. The molecule has 1 aromatic heterocycles. The van der Waals surface area contributed by atoms with Crippen LogP contribution in [0.3, 0.4) is 0 Å². The van der Waals surface area contributed by atoms with Gasteiger partial charge < -0.3 is 15.5 Å². The first-order chi connectivity index (χ1) is 14.5. The van der Waals surface area contributed by atoms with E-state index in [-0.39, 0.29) is 17.1 Å². The minimum atomic E-state index is -0.460. The van der Waals surface area contributed by atoms with Crippen molar-refractivity contribution in [2.75, 3.05) is 17.2 Å². The lowest BCUT2D eigenvalue weighted by atomic mass is 10.2. The Labute approximate surface area is 176 Å². The van der Waals surface area contributed by atoms with Crippen LogP contribution in [0.1, 0.15) is 39.3 Å². The van der Waals surface area contributed by atoms with Gasteiger partial charge in [0.1, 0.15) is 10.8 Å². The van der Waals surface area contributed by atoms with E-state index in [4.69, 9.17) is 0 Å². The van der Waals surface area contributed by atoms with Crippen molar-refractivity contribution in [1.82, 2.24) is 15.1 Å². The average molecular weight is 425 g/mol. The zero-order valence-electron chi connectivity index (χ0n) is 16.3. The number of anilines is 2. The van der Waals surface area contributed by atoms with Gasteiger partial charge in [0.15, 0.2) is 0 Å². The molecule has 4 rings (SSSR count). The van der Waals surface area contributed by atoms with E-state index in [1.54, 1.807) is 11.0 Å². The van der Waals surface area contributed by atoms with Crippen LogP contribution in [-0.4, -0.2) is 33.6 Å². The number of halogens is 1. The van der Waals surface area contributed by atoms with E-state index in [0.717, 1.165) is 35.4 Å². The highest BCUT2D eigenvalue weighted by Gasteiger charge is 2.33. The van der Waals surface area contributed by atoms with Crippen molar-refractivity contribution in [3.05, 3.63) is 69.9 Å². The van der Waals surface area contributed by atoms with Crippen molar-refractivity contribution in [2.24, 2.45) is 0 Å². The van der Waals surface area contributed by atoms with Gasteiger partial charge in [-0.3, -0.25) is 4.79 Å². The number of urea groups is 1. The van der Waals surface area contributed by atoms with Crippen molar-refractivity contribution in [3.8, 4) is 0 Å². The second-order valence-corrected chi connectivity index (χ2v) is 8.07. The molecule has 3 aromatic rings. The predicted octanol–water partition coefficient (Wildman–Crippen LogP) is 4.61. The smallest absolute Gasteiger partial charge is 0.320 e. The summed E-state index contributed by atoms with van der Waals surface area (Å²) in [4.78, 5) is 26.9. The number of amides is 3. The summed E-state index contributed by atoms with van der Waals surface area (Å²) in [5.41, 5.74) is 2.14. The molecular weight excluding hydrogens is 405 g/mol. The summed E-state index contributed by atoms with van der Waals surface area (Å²) in [5.74, 6) is -0.898. The number of aryl methyl sites for hydroxylation is 1. The van der Waals surface area contributed by atoms with Crippen LogP contribution in [0, 0.1) is 12.7 Å². The summed E-state index contributed by atoms with van der Waals surface area (Å²) < 4.78 is 13.3. The Kier molecular flexibility index (Phi) is 5.71. The predicted molar refractivity (Wildman–Crippen MR) is 113 cm³/mol. The quantitative estimate of drug-likeness (QED) is 0.639. The van der Waals surface area contributed by atoms with Crippen molar-refractivity contribution < 1.29 is 14.0 Å². The molecular formula is C21H20FN5O2S. The molecule has 1 atom stereocenters. The number of nitrogens with one attached hydrogen (secondary N) is 2. The molecule has 3 amide bonds. The molecule has 1 fully saturated rings. The van der Waals surface area contributed by atoms with E-state index in [2.05, 4.69) is 20.8 Å². The molecule has 1 aliphatic heterocycles. The zero-order valence-corrected chi connectivity index (χ0v) is 17.1. The van der Waals surface area contributed by atoms with Crippen LogP contribution in [0.4, 0.5) is 20.6 Å². The van der Waals surface area contributed by atoms with E-state index >= 15 is 0 Å².